The Morgan fingerprint density at radius 2 is 1.64 bits per heavy atom. The monoisotopic (exact) mass is 617 g/mol. The minimum absolute atomic E-state index is 0.0875. The number of carbonyl (C=O) groups excluding carboxylic acids is 2. The maximum absolute atomic E-state index is 13.8. The van der Waals surface area contributed by atoms with Crippen molar-refractivity contribution in [2.75, 3.05) is 46.7 Å². The van der Waals surface area contributed by atoms with E-state index in [4.69, 9.17) is 14.6 Å². The molecule has 12 heteroatoms. The number of thiazole rings is 1. The molecule has 0 aliphatic heterocycles. The van der Waals surface area contributed by atoms with E-state index >= 15 is 0 Å². The zero-order valence-electron chi connectivity index (χ0n) is 24.8. The summed E-state index contributed by atoms with van der Waals surface area (Å²) in [6, 6.07) is 13.4. The van der Waals surface area contributed by atoms with Crippen molar-refractivity contribution in [3.8, 4) is 11.5 Å². The van der Waals surface area contributed by atoms with Gasteiger partial charge in [0.15, 0.2) is 5.78 Å². The number of aliphatic hydroxyl groups is 1. The maximum atomic E-state index is 13.8. The fraction of sp³-hybridized carbons (Fsp3) is 0.433. The third-order valence-electron chi connectivity index (χ3n) is 6.87. The van der Waals surface area contributed by atoms with E-state index in [1.807, 2.05) is 37.3 Å². The van der Waals surface area contributed by atoms with Gasteiger partial charge in [0.25, 0.3) is 5.91 Å². The van der Waals surface area contributed by atoms with Crippen molar-refractivity contribution in [2.24, 2.45) is 0 Å². The number of ketones is 1. The fourth-order valence-electron chi connectivity index (χ4n) is 4.48. The Kier molecular flexibility index (Phi) is 12.0. The maximum Gasteiger partial charge on any atom is 0.254 e. The quantitative estimate of drug-likeness (QED) is 0.240. The van der Waals surface area contributed by atoms with E-state index in [0.29, 0.717) is 39.9 Å². The number of rotatable bonds is 16. The Morgan fingerprint density at radius 3 is 2.24 bits per heavy atom. The van der Waals surface area contributed by atoms with Crippen LogP contribution in [0.2, 0.25) is 0 Å². The van der Waals surface area contributed by atoms with Gasteiger partial charge in [0.1, 0.15) is 28.0 Å². The molecule has 2 aromatic carbocycles. The highest BCUT2D eigenvalue weighted by Crippen LogP contribution is 2.30. The summed E-state index contributed by atoms with van der Waals surface area (Å²) in [5.74, 6) is -0.508. The molecule has 3 rings (SSSR count). The van der Waals surface area contributed by atoms with Gasteiger partial charge >= 0.3 is 0 Å². The topological polar surface area (TPSA) is 126 Å². The smallest absolute Gasteiger partial charge is 0.254 e. The summed E-state index contributed by atoms with van der Waals surface area (Å²) in [5, 5.41) is 9.53. The third-order valence-corrected chi connectivity index (χ3v) is 9.59. The number of sulfonamides is 1. The number of aliphatic hydroxyl groups excluding tert-OH is 1. The number of aryl methyl sites for hydroxylation is 2. The van der Waals surface area contributed by atoms with Crippen LogP contribution in [0.1, 0.15) is 54.7 Å². The highest BCUT2D eigenvalue weighted by molar-refractivity contribution is 7.89. The zero-order chi connectivity index (χ0) is 30.9. The average molecular weight is 618 g/mol. The molecule has 0 radical (unpaired) electrons. The van der Waals surface area contributed by atoms with Gasteiger partial charge < -0.3 is 19.5 Å². The van der Waals surface area contributed by atoms with Crippen molar-refractivity contribution in [1.82, 2.24) is 14.2 Å². The highest BCUT2D eigenvalue weighted by Gasteiger charge is 2.27. The summed E-state index contributed by atoms with van der Waals surface area (Å²) in [6.07, 6.45) is 1.74. The zero-order valence-corrected chi connectivity index (χ0v) is 26.4. The molecule has 42 heavy (non-hydrogen) atoms. The predicted octanol–water partition coefficient (Wildman–Crippen LogP) is 3.88. The van der Waals surface area contributed by atoms with Crippen LogP contribution in [0.3, 0.4) is 0 Å². The van der Waals surface area contributed by atoms with Crippen LogP contribution in [0.4, 0.5) is 0 Å². The Balaban J connectivity index is 1.85. The van der Waals surface area contributed by atoms with E-state index in [-0.39, 0.29) is 37.7 Å². The van der Waals surface area contributed by atoms with Crippen LogP contribution >= 0.6 is 11.3 Å². The lowest BCUT2D eigenvalue weighted by atomic mass is 10.1. The molecule has 0 bridgehead atoms. The first-order chi connectivity index (χ1) is 20.0. The molecule has 228 valence electrons. The second-order valence-corrected chi connectivity index (χ2v) is 13.3. The van der Waals surface area contributed by atoms with Crippen LogP contribution in [-0.4, -0.2) is 86.1 Å². The number of benzene rings is 2. The van der Waals surface area contributed by atoms with Gasteiger partial charge in [-0.3, -0.25) is 9.59 Å². The predicted molar refractivity (Wildman–Crippen MR) is 163 cm³/mol. The van der Waals surface area contributed by atoms with E-state index in [1.165, 1.54) is 32.6 Å². The van der Waals surface area contributed by atoms with Crippen molar-refractivity contribution in [3.05, 3.63) is 74.7 Å². The fourth-order valence-corrected chi connectivity index (χ4v) is 6.54. The first kappa shape index (κ1) is 33.2. The molecule has 0 atom stereocenters. The first-order valence-electron chi connectivity index (χ1n) is 13.6. The SMILES string of the molecule is COc1cc(C(=O)N(CCCc2ccccc2)Cc2nc(C(=O)CS(=O)(=O)N(C)CCCO)c(C)s2)cc(OC)c1C. The summed E-state index contributed by atoms with van der Waals surface area (Å²) in [6.45, 7) is 4.11. The van der Waals surface area contributed by atoms with Crippen molar-refractivity contribution in [2.45, 2.75) is 39.7 Å². The Bertz CT molecular complexity index is 1450. The van der Waals surface area contributed by atoms with Crippen molar-refractivity contribution in [1.29, 1.82) is 0 Å². The van der Waals surface area contributed by atoms with Crippen molar-refractivity contribution in [3.63, 3.8) is 0 Å². The van der Waals surface area contributed by atoms with Crippen LogP contribution in [0, 0.1) is 13.8 Å². The van der Waals surface area contributed by atoms with E-state index in [2.05, 4.69) is 4.98 Å². The van der Waals surface area contributed by atoms with E-state index in [1.54, 1.807) is 24.0 Å². The molecule has 0 saturated heterocycles. The lowest BCUT2D eigenvalue weighted by Crippen LogP contribution is -2.33. The second kappa shape index (κ2) is 15.2. The van der Waals surface area contributed by atoms with Crippen LogP contribution in [0.25, 0.3) is 0 Å². The minimum atomic E-state index is -3.87. The molecule has 0 unspecified atom stereocenters. The highest BCUT2D eigenvalue weighted by atomic mass is 32.2. The molecule has 0 saturated carbocycles. The number of Topliss-reactive ketones (excluding diaryl/α,β-unsaturated/α-hetero) is 1. The van der Waals surface area contributed by atoms with Crippen LogP contribution in [-0.2, 0) is 23.0 Å². The third kappa shape index (κ3) is 8.60. The molecule has 1 aromatic heterocycles. The average Bonchev–Trinajstić information content (AvgIpc) is 3.35. The van der Waals surface area contributed by atoms with Gasteiger partial charge in [0, 0.05) is 42.7 Å². The number of carbonyl (C=O) groups is 2. The van der Waals surface area contributed by atoms with Crippen molar-refractivity contribution < 1.29 is 32.6 Å². The summed E-state index contributed by atoms with van der Waals surface area (Å²) < 4.78 is 37.3. The minimum Gasteiger partial charge on any atom is -0.496 e. The van der Waals surface area contributed by atoms with Crippen LogP contribution in [0.5, 0.6) is 11.5 Å². The number of hydrogen-bond acceptors (Lipinski definition) is 9. The van der Waals surface area contributed by atoms with Gasteiger partial charge in [-0.15, -0.1) is 11.3 Å². The summed E-state index contributed by atoms with van der Waals surface area (Å²) in [5.41, 5.74) is 2.43. The molecule has 1 heterocycles. The molecule has 0 aliphatic carbocycles. The summed E-state index contributed by atoms with van der Waals surface area (Å²) in [7, 11) is 0.588. The number of amides is 1. The van der Waals surface area contributed by atoms with Crippen molar-refractivity contribution >= 4 is 33.1 Å². The standard InChI is InChI=1S/C30H39N3O7S2/c1-21-26(39-4)17-24(18-27(21)40-5)30(36)33(15-9-13-23-11-7-6-8-12-23)19-28-31-29(22(2)41-28)25(35)20-42(37,38)32(3)14-10-16-34/h6-8,11-12,17-18,34H,9-10,13-16,19-20H2,1-5H3. The van der Waals surface area contributed by atoms with E-state index in [0.717, 1.165) is 21.9 Å². The molecule has 1 N–H and O–H groups in total. The van der Waals surface area contributed by atoms with E-state index in [9.17, 15) is 18.0 Å². The number of nitrogens with zero attached hydrogens (tertiary/aromatic N) is 3. The Labute approximate surface area is 252 Å². The Morgan fingerprint density at radius 1 is 1.00 bits per heavy atom. The summed E-state index contributed by atoms with van der Waals surface area (Å²) >= 11 is 1.26. The van der Waals surface area contributed by atoms with Gasteiger partial charge in [-0.2, -0.15) is 0 Å². The second-order valence-electron chi connectivity index (χ2n) is 9.91. The molecular weight excluding hydrogens is 578 g/mol. The van der Waals surface area contributed by atoms with Crippen LogP contribution < -0.4 is 9.47 Å². The number of ether oxygens (including phenoxy) is 2. The van der Waals surface area contributed by atoms with Gasteiger partial charge in [0.05, 0.1) is 20.8 Å². The van der Waals surface area contributed by atoms with Gasteiger partial charge in [-0.05, 0) is 50.8 Å². The Hall–Kier alpha value is -3.32. The molecule has 0 spiro atoms. The molecule has 0 fully saturated rings. The molecule has 10 nitrogen and oxygen atoms in total. The molecular formula is C30H39N3O7S2. The van der Waals surface area contributed by atoms with Gasteiger partial charge in [-0.1, -0.05) is 30.3 Å². The summed E-state index contributed by atoms with van der Waals surface area (Å²) in [4.78, 5) is 33.6. The normalized spacial score (nSPS) is 11.5. The van der Waals surface area contributed by atoms with Gasteiger partial charge in [-0.25, -0.2) is 17.7 Å². The number of methoxy groups -OCH3 is 2. The number of aromatic nitrogens is 1. The van der Waals surface area contributed by atoms with Gasteiger partial charge in [0.2, 0.25) is 10.0 Å². The van der Waals surface area contributed by atoms with E-state index < -0.39 is 21.6 Å². The molecule has 0 aliphatic rings. The van der Waals surface area contributed by atoms with Crippen LogP contribution in [0.15, 0.2) is 42.5 Å². The first-order valence-corrected chi connectivity index (χ1v) is 16.0. The largest absolute Gasteiger partial charge is 0.496 e. The lowest BCUT2D eigenvalue weighted by Gasteiger charge is -2.23. The molecule has 1 amide bonds. The lowest BCUT2D eigenvalue weighted by molar-refractivity contribution is 0.0740. The number of hydrogen-bond donors (Lipinski definition) is 1. The molecule has 3 aromatic rings.